The minimum absolute atomic E-state index is 0.364. The van der Waals surface area contributed by atoms with Crippen molar-refractivity contribution in [3.8, 4) is 0 Å². The van der Waals surface area contributed by atoms with Gasteiger partial charge in [0.05, 0.1) is 0 Å². The third kappa shape index (κ3) is 2.64. The molecule has 2 rings (SSSR count). The van der Waals surface area contributed by atoms with Crippen LogP contribution in [0.5, 0.6) is 0 Å². The van der Waals surface area contributed by atoms with Crippen LogP contribution in [0.1, 0.15) is 24.8 Å². The van der Waals surface area contributed by atoms with Gasteiger partial charge in [-0.25, -0.2) is 0 Å². The Kier molecular flexibility index (Phi) is 3.17. The Hall–Kier alpha value is -0.730. The van der Waals surface area contributed by atoms with Gasteiger partial charge >= 0.3 is 0 Å². The molecule has 0 spiro atoms. The Labute approximate surface area is 95.8 Å². The summed E-state index contributed by atoms with van der Waals surface area (Å²) in [7, 11) is 0. The maximum absolute atomic E-state index is 6.06. The van der Waals surface area contributed by atoms with Gasteiger partial charge in [-0.15, -0.1) is 0 Å². The summed E-state index contributed by atoms with van der Waals surface area (Å²) in [5, 5.41) is 4.30. The van der Waals surface area contributed by atoms with Crippen LogP contribution < -0.4 is 11.1 Å². The highest BCUT2D eigenvalue weighted by molar-refractivity contribution is 6.31. The zero-order chi connectivity index (χ0) is 10.8. The first-order valence-corrected chi connectivity index (χ1v) is 5.81. The summed E-state index contributed by atoms with van der Waals surface area (Å²) in [6, 6.07) is 6.98. The number of nitrogens with two attached hydrogens (primary N) is 1. The lowest BCUT2D eigenvalue weighted by molar-refractivity contribution is 0.688. The second kappa shape index (κ2) is 4.42. The van der Waals surface area contributed by atoms with Crippen molar-refractivity contribution in [3.05, 3.63) is 28.8 Å². The Morgan fingerprint density at radius 2 is 2.20 bits per heavy atom. The van der Waals surface area contributed by atoms with Crippen LogP contribution in [0.2, 0.25) is 5.02 Å². The first-order chi connectivity index (χ1) is 7.15. The lowest BCUT2D eigenvalue weighted by atomic mass is 10.2. The van der Waals surface area contributed by atoms with E-state index in [1.54, 1.807) is 0 Å². The SMILES string of the molecule is Cc1ccc(NC2CCC(N)C2)cc1Cl. The van der Waals surface area contributed by atoms with E-state index in [0.29, 0.717) is 12.1 Å². The molecule has 0 aromatic heterocycles. The topological polar surface area (TPSA) is 38.0 Å². The molecule has 2 unspecified atom stereocenters. The highest BCUT2D eigenvalue weighted by Gasteiger charge is 2.21. The van der Waals surface area contributed by atoms with E-state index in [2.05, 4.69) is 11.4 Å². The monoisotopic (exact) mass is 224 g/mol. The number of hydrogen-bond acceptors (Lipinski definition) is 2. The third-order valence-corrected chi connectivity index (χ3v) is 3.42. The average Bonchev–Trinajstić information content (AvgIpc) is 2.58. The standard InChI is InChI=1S/C12H17ClN2/c1-8-2-4-11(7-12(8)13)15-10-5-3-9(14)6-10/h2,4,7,9-10,15H,3,5-6,14H2,1H3. The summed E-state index contributed by atoms with van der Waals surface area (Å²) in [6.07, 6.45) is 3.34. The summed E-state index contributed by atoms with van der Waals surface area (Å²) >= 11 is 6.06. The van der Waals surface area contributed by atoms with Crippen molar-refractivity contribution in [2.75, 3.05) is 5.32 Å². The molecule has 3 N–H and O–H groups in total. The van der Waals surface area contributed by atoms with E-state index in [-0.39, 0.29) is 0 Å². The molecule has 1 fully saturated rings. The largest absolute Gasteiger partial charge is 0.382 e. The van der Waals surface area contributed by atoms with Crippen molar-refractivity contribution in [3.63, 3.8) is 0 Å². The van der Waals surface area contributed by atoms with Crippen molar-refractivity contribution in [2.45, 2.75) is 38.3 Å². The Morgan fingerprint density at radius 1 is 1.40 bits per heavy atom. The van der Waals surface area contributed by atoms with Gasteiger partial charge in [-0.2, -0.15) is 0 Å². The third-order valence-electron chi connectivity index (χ3n) is 3.02. The molecule has 1 saturated carbocycles. The minimum atomic E-state index is 0.364. The lowest BCUT2D eigenvalue weighted by Gasteiger charge is -2.14. The summed E-state index contributed by atoms with van der Waals surface area (Å²) in [6.45, 7) is 2.01. The van der Waals surface area contributed by atoms with Crippen molar-refractivity contribution in [2.24, 2.45) is 5.73 Å². The molecule has 1 aliphatic carbocycles. The molecular weight excluding hydrogens is 208 g/mol. The quantitative estimate of drug-likeness (QED) is 0.811. The molecule has 0 amide bonds. The zero-order valence-corrected chi connectivity index (χ0v) is 9.72. The van der Waals surface area contributed by atoms with Crippen LogP contribution in [-0.2, 0) is 0 Å². The van der Waals surface area contributed by atoms with E-state index in [4.69, 9.17) is 17.3 Å². The molecule has 82 valence electrons. The van der Waals surface area contributed by atoms with Crippen LogP contribution in [-0.4, -0.2) is 12.1 Å². The van der Waals surface area contributed by atoms with Crippen LogP contribution in [0.15, 0.2) is 18.2 Å². The van der Waals surface area contributed by atoms with Gasteiger partial charge in [-0.3, -0.25) is 0 Å². The van der Waals surface area contributed by atoms with E-state index >= 15 is 0 Å². The number of anilines is 1. The van der Waals surface area contributed by atoms with Crippen LogP contribution in [0.25, 0.3) is 0 Å². The maximum Gasteiger partial charge on any atom is 0.0455 e. The van der Waals surface area contributed by atoms with E-state index in [1.807, 2.05) is 19.1 Å². The van der Waals surface area contributed by atoms with Crippen molar-refractivity contribution in [1.82, 2.24) is 0 Å². The number of aryl methyl sites for hydroxylation is 1. The lowest BCUT2D eigenvalue weighted by Crippen LogP contribution is -2.20. The zero-order valence-electron chi connectivity index (χ0n) is 8.96. The molecule has 0 saturated heterocycles. The predicted octanol–water partition coefficient (Wildman–Crippen LogP) is 2.94. The predicted molar refractivity (Wildman–Crippen MR) is 65.4 cm³/mol. The van der Waals surface area contributed by atoms with Gasteiger partial charge in [0.25, 0.3) is 0 Å². The van der Waals surface area contributed by atoms with Crippen LogP contribution in [0.4, 0.5) is 5.69 Å². The first kappa shape index (κ1) is 10.8. The van der Waals surface area contributed by atoms with Gasteiger partial charge in [-0.1, -0.05) is 17.7 Å². The van der Waals surface area contributed by atoms with Gasteiger partial charge in [0.2, 0.25) is 0 Å². The van der Waals surface area contributed by atoms with Gasteiger partial charge < -0.3 is 11.1 Å². The molecule has 1 aromatic carbocycles. The smallest absolute Gasteiger partial charge is 0.0455 e. The maximum atomic E-state index is 6.06. The second-order valence-corrected chi connectivity index (χ2v) is 4.79. The van der Waals surface area contributed by atoms with Crippen molar-refractivity contribution in [1.29, 1.82) is 0 Å². The molecule has 1 aliphatic rings. The van der Waals surface area contributed by atoms with E-state index in [0.717, 1.165) is 35.5 Å². The summed E-state index contributed by atoms with van der Waals surface area (Å²) in [5.74, 6) is 0. The van der Waals surface area contributed by atoms with Crippen LogP contribution >= 0.6 is 11.6 Å². The van der Waals surface area contributed by atoms with Crippen molar-refractivity contribution >= 4 is 17.3 Å². The number of benzene rings is 1. The molecule has 15 heavy (non-hydrogen) atoms. The number of halogens is 1. The van der Waals surface area contributed by atoms with Gasteiger partial charge in [0, 0.05) is 22.8 Å². The molecule has 2 atom stereocenters. The molecule has 0 radical (unpaired) electrons. The van der Waals surface area contributed by atoms with Crippen molar-refractivity contribution < 1.29 is 0 Å². The Morgan fingerprint density at radius 3 is 2.80 bits per heavy atom. The molecule has 3 heteroatoms. The van der Waals surface area contributed by atoms with Gasteiger partial charge in [-0.05, 0) is 43.9 Å². The number of hydrogen-bond donors (Lipinski definition) is 2. The second-order valence-electron chi connectivity index (χ2n) is 4.38. The highest BCUT2D eigenvalue weighted by atomic mass is 35.5. The van der Waals surface area contributed by atoms with Gasteiger partial charge in [0.15, 0.2) is 0 Å². The fourth-order valence-electron chi connectivity index (χ4n) is 2.07. The number of rotatable bonds is 2. The first-order valence-electron chi connectivity index (χ1n) is 5.43. The molecule has 1 aromatic rings. The fourth-order valence-corrected chi connectivity index (χ4v) is 2.25. The molecule has 2 nitrogen and oxygen atoms in total. The molecule has 0 aliphatic heterocycles. The van der Waals surface area contributed by atoms with Crippen LogP contribution in [0, 0.1) is 6.92 Å². The van der Waals surface area contributed by atoms with E-state index in [9.17, 15) is 0 Å². The molecule has 0 bridgehead atoms. The fraction of sp³-hybridized carbons (Fsp3) is 0.500. The normalized spacial score (nSPS) is 25.5. The highest BCUT2D eigenvalue weighted by Crippen LogP contribution is 2.24. The van der Waals surface area contributed by atoms with Crippen LogP contribution in [0.3, 0.4) is 0 Å². The molecular formula is C12H17ClN2. The number of nitrogens with one attached hydrogen (secondary N) is 1. The summed E-state index contributed by atoms with van der Waals surface area (Å²) < 4.78 is 0. The average molecular weight is 225 g/mol. The Bertz CT molecular complexity index is 351. The van der Waals surface area contributed by atoms with E-state index < -0.39 is 0 Å². The summed E-state index contributed by atoms with van der Waals surface area (Å²) in [5.41, 5.74) is 8.08. The Balaban J connectivity index is 2.02. The molecule has 0 heterocycles. The minimum Gasteiger partial charge on any atom is -0.382 e. The summed E-state index contributed by atoms with van der Waals surface area (Å²) in [4.78, 5) is 0. The van der Waals surface area contributed by atoms with E-state index in [1.165, 1.54) is 0 Å². The van der Waals surface area contributed by atoms with Gasteiger partial charge in [0.1, 0.15) is 0 Å².